The lowest BCUT2D eigenvalue weighted by atomic mass is 9.87. The minimum Gasteiger partial charge on any atom is -0.497 e. The SMILES string of the molecule is COc1ccc(-c2cc3c(cc2F)C(OC(N)=O)C(C)(C)C3)c(Cl)c1. The highest BCUT2D eigenvalue weighted by Crippen LogP contribution is 2.49. The molecule has 1 atom stereocenters. The van der Waals surface area contributed by atoms with E-state index in [1.165, 1.54) is 6.07 Å². The summed E-state index contributed by atoms with van der Waals surface area (Å²) in [6, 6.07) is 8.28. The molecule has 4 nitrogen and oxygen atoms in total. The first kappa shape index (κ1) is 17.5. The lowest BCUT2D eigenvalue weighted by molar-refractivity contribution is 0.0391. The highest BCUT2D eigenvalue weighted by Gasteiger charge is 2.42. The van der Waals surface area contributed by atoms with E-state index in [4.69, 9.17) is 26.8 Å². The normalized spacial score (nSPS) is 17.9. The van der Waals surface area contributed by atoms with Crippen molar-refractivity contribution in [2.45, 2.75) is 26.4 Å². The molecule has 0 aliphatic heterocycles. The Labute approximate surface area is 150 Å². The number of rotatable bonds is 3. The van der Waals surface area contributed by atoms with Crippen LogP contribution in [0.1, 0.15) is 31.1 Å². The molecule has 1 unspecified atom stereocenters. The van der Waals surface area contributed by atoms with Gasteiger partial charge in [0.05, 0.1) is 12.1 Å². The first-order valence-electron chi connectivity index (χ1n) is 7.85. The van der Waals surface area contributed by atoms with E-state index < -0.39 is 18.0 Å². The van der Waals surface area contributed by atoms with Crippen LogP contribution in [-0.4, -0.2) is 13.2 Å². The summed E-state index contributed by atoms with van der Waals surface area (Å²) in [5.74, 6) is 0.174. The zero-order chi connectivity index (χ0) is 18.4. The molecule has 1 aliphatic rings. The fourth-order valence-corrected chi connectivity index (χ4v) is 3.69. The predicted molar refractivity (Wildman–Crippen MR) is 94.3 cm³/mol. The number of amides is 1. The number of ether oxygens (including phenoxy) is 2. The maximum atomic E-state index is 14.8. The molecule has 0 saturated carbocycles. The molecule has 1 amide bonds. The summed E-state index contributed by atoms with van der Waals surface area (Å²) in [5.41, 5.74) is 7.36. The van der Waals surface area contributed by atoms with Crippen molar-refractivity contribution in [2.75, 3.05) is 7.11 Å². The van der Waals surface area contributed by atoms with E-state index in [0.29, 0.717) is 33.9 Å². The summed E-state index contributed by atoms with van der Waals surface area (Å²) in [5, 5.41) is 0.403. The molecule has 0 saturated heterocycles. The molecule has 0 aromatic heterocycles. The molecule has 0 spiro atoms. The number of fused-ring (bicyclic) bond motifs is 1. The third-order valence-electron chi connectivity index (χ3n) is 4.57. The van der Waals surface area contributed by atoms with Gasteiger partial charge in [-0.15, -0.1) is 0 Å². The molecule has 6 heteroatoms. The van der Waals surface area contributed by atoms with E-state index in [1.54, 1.807) is 31.4 Å². The number of hydrogen-bond donors (Lipinski definition) is 1. The fourth-order valence-electron chi connectivity index (χ4n) is 3.42. The van der Waals surface area contributed by atoms with Gasteiger partial charge in [0.15, 0.2) is 0 Å². The van der Waals surface area contributed by atoms with Crippen LogP contribution in [0.4, 0.5) is 9.18 Å². The van der Waals surface area contributed by atoms with Crippen LogP contribution in [0.5, 0.6) is 5.75 Å². The van der Waals surface area contributed by atoms with E-state index >= 15 is 0 Å². The summed E-state index contributed by atoms with van der Waals surface area (Å²) in [4.78, 5) is 11.2. The molecule has 3 rings (SSSR count). The third-order valence-corrected chi connectivity index (χ3v) is 4.88. The average molecular weight is 364 g/mol. The van der Waals surface area contributed by atoms with Crippen molar-refractivity contribution >= 4 is 17.7 Å². The van der Waals surface area contributed by atoms with Gasteiger partial charge in [-0.1, -0.05) is 25.4 Å². The van der Waals surface area contributed by atoms with Crippen molar-refractivity contribution in [2.24, 2.45) is 11.1 Å². The lowest BCUT2D eigenvalue weighted by Gasteiger charge is -2.26. The van der Waals surface area contributed by atoms with Crippen LogP contribution in [0.15, 0.2) is 30.3 Å². The van der Waals surface area contributed by atoms with Crippen LogP contribution in [0.2, 0.25) is 5.02 Å². The second kappa shape index (κ2) is 6.23. The first-order chi connectivity index (χ1) is 11.7. The van der Waals surface area contributed by atoms with Gasteiger partial charge in [-0.2, -0.15) is 0 Å². The zero-order valence-corrected chi connectivity index (χ0v) is 15.0. The van der Waals surface area contributed by atoms with Gasteiger partial charge >= 0.3 is 6.09 Å². The Hall–Kier alpha value is -2.27. The Morgan fingerprint density at radius 3 is 2.60 bits per heavy atom. The minimum absolute atomic E-state index is 0.369. The van der Waals surface area contributed by atoms with Gasteiger partial charge in [0.1, 0.15) is 17.7 Å². The molecule has 2 aromatic rings. The van der Waals surface area contributed by atoms with Crippen LogP contribution in [-0.2, 0) is 11.2 Å². The van der Waals surface area contributed by atoms with Crippen LogP contribution >= 0.6 is 11.6 Å². The molecule has 2 aromatic carbocycles. The number of methoxy groups -OCH3 is 1. The van der Waals surface area contributed by atoms with Gasteiger partial charge in [-0.25, -0.2) is 9.18 Å². The summed E-state index contributed by atoms with van der Waals surface area (Å²) < 4.78 is 25.2. The number of carbonyl (C=O) groups excluding carboxylic acids is 1. The monoisotopic (exact) mass is 363 g/mol. The van der Waals surface area contributed by atoms with Crippen molar-refractivity contribution in [3.63, 3.8) is 0 Å². The van der Waals surface area contributed by atoms with Gasteiger partial charge in [0, 0.05) is 16.5 Å². The van der Waals surface area contributed by atoms with Gasteiger partial charge in [-0.05, 0) is 47.9 Å². The maximum Gasteiger partial charge on any atom is 0.405 e. The Morgan fingerprint density at radius 2 is 2.00 bits per heavy atom. The third kappa shape index (κ3) is 3.16. The Balaban J connectivity index is 2.08. The molecule has 132 valence electrons. The van der Waals surface area contributed by atoms with Gasteiger partial charge in [0.2, 0.25) is 0 Å². The molecule has 2 N–H and O–H groups in total. The van der Waals surface area contributed by atoms with E-state index in [9.17, 15) is 9.18 Å². The second-order valence-electron chi connectivity index (χ2n) is 6.86. The molecule has 0 fully saturated rings. The zero-order valence-electron chi connectivity index (χ0n) is 14.2. The van der Waals surface area contributed by atoms with Gasteiger partial charge in [0.25, 0.3) is 0 Å². The van der Waals surface area contributed by atoms with Crippen LogP contribution < -0.4 is 10.5 Å². The van der Waals surface area contributed by atoms with Crippen LogP contribution in [0, 0.1) is 11.2 Å². The second-order valence-corrected chi connectivity index (χ2v) is 7.27. The van der Waals surface area contributed by atoms with E-state index in [0.717, 1.165) is 5.56 Å². The molecule has 0 bridgehead atoms. The van der Waals surface area contributed by atoms with Crippen molar-refractivity contribution in [1.82, 2.24) is 0 Å². The van der Waals surface area contributed by atoms with Crippen LogP contribution in [0.25, 0.3) is 11.1 Å². The quantitative estimate of drug-likeness (QED) is 0.845. The minimum atomic E-state index is -0.867. The smallest absolute Gasteiger partial charge is 0.405 e. The van der Waals surface area contributed by atoms with Crippen molar-refractivity contribution in [3.05, 3.63) is 52.3 Å². The summed E-state index contributed by atoms with van der Waals surface area (Å²) in [6.07, 6.45) is -0.801. The Morgan fingerprint density at radius 1 is 1.28 bits per heavy atom. The standard InChI is InChI=1S/C19H19ClFNO3/c1-19(2)9-10-6-14(12-5-4-11(24-3)7-15(12)20)16(21)8-13(10)17(19)25-18(22)23/h4-8,17H,9H2,1-3H3,(H2,22,23). The molecule has 0 heterocycles. The topological polar surface area (TPSA) is 61.6 Å². The number of benzene rings is 2. The molecule has 0 radical (unpaired) electrons. The highest BCUT2D eigenvalue weighted by molar-refractivity contribution is 6.33. The number of carbonyl (C=O) groups is 1. The Kier molecular flexibility index (Phi) is 4.37. The maximum absolute atomic E-state index is 14.8. The molecule has 1 aliphatic carbocycles. The largest absolute Gasteiger partial charge is 0.497 e. The number of halogens is 2. The van der Waals surface area contributed by atoms with E-state index in [1.807, 2.05) is 13.8 Å². The lowest BCUT2D eigenvalue weighted by Crippen LogP contribution is -2.25. The molecular formula is C19H19ClFNO3. The highest BCUT2D eigenvalue weighted by atomic mass is 35.5. The Bertz CT molecular complexity index is 851. The summed E-state index contributed by atoms with van der Waals surface area (Å²) >= 11 is 6.29. The van der Waals surface area contributed by atoms with Crippen molar-refractivity contribution in [3.8, 4) is 16.9 Å². The van der Waals surface area contributed by atoms with E-state index in [2.05, 4.69) is 0 Å². The average Bonchev–Trinajstić information content (AvgIpc) is 2.76. The predicted octanol–water partition coefficient (Wildman–Crippen LogP) is 4.87. The molecular weight excluding hydrogens is 345 g/mol. The van der Waals surface area contributed by atoms with Gasteiger partial charge < -0.3 is 15.2 Å². The number of nitrogens with two attached hydrogens (primary N) is 1. The van der Waals surface area contributed by atoms with Crippen LogP contribution in [0.3, 0.4) is 0 Å². The molecule has 25 heavy (non-hydrogen) atoms. The van der Waals surface area contributed by atoms with E-state index in [-0.39, 0.29) is 5.41 Å². The number of primary amides is 1. The first-order valence-corrected chi connectivity index (χ1v) is 8.23. The van der Waals surface area contributed by atoms with Gasteiger partial charge in [-0.3, -0.25) is 0 Å². The summed E-state index contributed by atoms with van der Waals surface area (Å²) in [6.45, 7) is 3.91. The number of hydrogen-bond acceptors (Lipinski definition) is 3. The van der Waals surface area contributed by atoms with Crippen molar-refractivity contribution in [1.29, 1.82) is 0 Å². The summed E-state index contributed by atoms with van der Waals surface area (Å²) in [7, 11) is 1.54. The van der Waals surface area contributed by atoms with Crippen molar-refractivity contribution < 1.29 is 18.7 Å². The fraction of sp³-hybridized carbons (Fsp3) is 0.316.